The summed E-state index contributed by atoms with van der Waals surface area (Å²) in [7, 11) is 0. The Morgan fingerprint density at radius 1 is 1.27 bits per heavy atom. The molecule has 15 heavy (non-hydrogen) atoms. The van der Waals surface area contributed by atoms with Gasteiger partial charge >= 0.3 is 0 Å². The Morgan fingerprint density at radius 2 is 1.87 bits per heavy atom. The molecule has 3 heteroatoms. The highest BCUT2D eigenvalue weighted by atomic mass is 16.3. The summed E-state index contributed by atoms with van der Waals surface area (Å²) in [6.07, 6.45) is 2.85. The maximum atomic E-state index is 11.8. The first-order chi connectivity index (χ1) is 6.96. The molecule has 0 heterocycles. The Hall–Kier alpha value is -0.700. The molecule has 88 valence electrons. The van der Waals surface area contributed by atoms with Gasteiger partial charge < -0.3 is 9.90 Å². The molecule has 0 aromatic carbocycles. The van der Waals surface area contributed by atoms with Gasteiger partial charge in [-0.05, 0) is 26.2 Å². The molecule has 1 atom stereocenters. The van der Waals surface area contributed by atoms with Gasteiger partial charge in [0.05, 0.1) is 0 Å². The second kappa shape index (κ2) is 6.72. The number of ketones is 2. The van der Waals surface area contributed by atoms with Gasteiger partial charge in [0.2, 0.25) is 0 Å². The molecule has 0 saturated heterocycles. The lowest BCUT2D eigenvalue weighted by molar-refractivity contribution is -0.129. The Labute approximate surface area is 91.9 Å². The predicted octanol–water partition coefficient (Wildman–Crippen LogP) is 2.11. The molecule has 0 aliphatic heterocycles. The third-order valence-corrected chi connectivity index (χ3v) is 2.91. The minimum atomic E-state index is -0.427. The van der Waals surface area contributed by atoms with Crippen molar-refractivity contribution in [3.8, 4) is 0 Å². The number of carbonyl (C=O) groups excluding carboxylic acids is 2. The van der Waals surface area contributed by atoms with E-state index in [1.807, 2.05) is 13.8 Å². The van der Waals surface area contributed by atoms with Crippen LogP contribution in [0, 0.1) is 5.41 Å². The predicted molar refractivity (Wildman–Crippen MR) is 59.6 cm³/mol. The molecule has 0 aliphatic rings. The maximum absolute atomic E-state index is 11.8. The number of aliphatic hydroxyl groups is 1. The maximum Gasteiger partial charge on any atom is 0.138 e. The van der Waals surface area contributed by atoms with Crippen LogP contribution in [-0.2, 0) is 9.59 Å². The third kappa shape index (κ3) is 5.07. The zero-order valence-electron chi connectivity index (χ0n) is 10.0. The van der Waals surface area contributed by atoms with Gasteiger partial charge in [-0.2, -0.15) is 0 Å². The number of aliphatic hydroxyl groups excluding tert-OH is 1. The molecule has 0 spiro atoms. The summed E-state index contributed by atoms with van der Waals surface area (Å²) in [4.78, 5) is 22.7. The first-order valence-electron chi connectivity index (χ1n) is 5.60. The lowest BCUT2D eigenvalue weighted by Gasteiger charge is -2.27. The van der Waals surface area contributed by atoms with Crippen molar-refractivity contribution in [3.05, 3.63) is 0 Å². The molecule has 3 nitrogen and oxygen atoms in total. The highest BCUT2D eigenvalue weighted by Crippen LogP contribution is 2.31. The SMILES string of the molecule is CCC(=O)C(C)(CCCO)CCC(C)=O. The number of carbonyl (C=O) groups is 2. The highest BCUT2D eigenvalue weighted by molar-refractivity contribution is 5.85. The van der Waals surface area contributed by atoms with E-state index < -0.39 is 5.41 Å². The largest absolute Gasteiger partial charge is 0.396 e. The fraction of sp³-hybridized carbons (Fsp3) is 0.833. The molecule has 1 N–H and O–H groups in total. The fourth-order valence-electron chi connectivity index (χ4n) is 1.75. The van der Waals surface area contributed by atoms with Crippen LogP contribution in [0.1, 0.15) is 52.9 Å². The first-order valence-corrected chi connectivity index (χ1v) is 5.60. The van der Waals surface area contributed by atoms with Gasteiger partial charge in [0.1, 0.15) is 11.6 Å². The summed E-state index contributed by atoms with van der Waals surface area (Å²) < 4.78 is 0. The highest BCUT2D eigenvalue weighted by Gasteiger charge is 2.30. The molecule has 0 radical (unpaired) electrons. The Kier molecular flexibility index (Phi) is 6.41. The minimum absolute atomic E-state index is 0.104. The van der Waals surface area contributed by atoms with Crippen LogP contribution in [-0.4, -0.2) is 23.3 Å². The zero-order valence-corrected chi connectivity index (χ0v) is 10.0. The van der Waals surface area contributed by atoms with Crippen LogP contribution in [0.15, 0.2) is 0 Å². The van der Waals surface area contributed by atoms with Crippen molar-refractivity contribution < 1.29 is 14.7 Å². The molecular formula is C12H22O3. The van der Waals surface area contributed by atoms with Crippen LogP contribution in [0.3, 0.4) is 0 Å². The van der Waals surface area contributed by atoms with Crippen LogP contribution >= 0.6 is 0 Å². The minimum Gasteiger partial charge on any atom is -0.396 e. The van der Waals surface area contributed by atoms with Crippen molar-refractivity contribution in [2.24, 2.45) is 5.41 Å². The van der Waals surface area contributed by atoms with Crippen molar-refractivity contribution in [1.29, 1.82) is 0 Å². The van der Waals surface area contributed by atoms with Crippen molar-refractivity contribution >= 4 is 11.6 Å². The van der Waals surface area contributed by atoms with E-state index in [4.69, 9.17) is 5.11 Å². The third-order valence-electron chi connectivity index (χ3n) is 2.91. The van der Waals surface area contributed by atoms with E-state index >= 15 is 0 Å². The van der Waals surface area contributed by atoms with Gasteiger partial charge in [0.25, 0.3) is 0 Å². The molecule has 0 aromatic heterocycles. The lowest BCUT2D eigenvalue weighted by atomic mass is 9.76. The molecule has 0 saturated carbocycles. The van der Waals surface area contributed by atoms with Gasteiger partial charge in [-0.25, -0.2) is 0 Å². The fourth-order valence-corrected chi connectivity index (χ4v) is 1.75. The molecule has 0 aromatic rings. The monoisotopic (exact) mass is 214 g/mol. The van der Waals surface area contributed by atoms with Gasteiger partial charge in [-0.1, -0.05) is 13.8 Å². The van der Waals surface area contributed by atoms with Crippen molar-refractivity contribution in [1.82, 2.24) is 0 Å². The Bertz CT molecular complexity index is 223. The van der Waals surface area contributed by atoms with Crippen molar-refractivity contribution in [2.45, 2.75) is 52.9 Å². The van der Waals surface area contributed by atoms with Gasteiger partial charge in [0, 0.05) is 24.9 Å². The molecule has 0 bridgehead atoms. The average molecular weight is 214 g/mol. The smallest absolute Gasteiger partial charge is 0.138 e. The van der Waals surface area contributed by atoms with E-state index in [1.165, 1.54) is 0 Å². The quantitative estimate of drug-likeness (QED) is 0.673. The summed E-state index contributed by atoms with van der Waals surface area (Å²) in [5.74, 6) is 0.311. The summed E-state index contributed by atoms with van der Waals surface area (Å²) in [6, 6.07) is 0. The summed E-state index contributed by atoms with van der Waals surface area (Å²) in [5.41, 5.74) is -0.427. The second-order valence-corrected chi connectivity index (χ2v) is 4.37. The average Bonchev–Trinajstić information content (AvgIpc) is 2.22. The van der Waals surface area contributed by atoms with E-state index in [-0.39, 0.29) is 18.2 Å². The van der Waals surface area contributed by atoms with E-state index in [2.05, 4.69) is 0 Å². The standard InChI is InChI=1S/C12H22O3/c1-4-11(15)12(3,7-5-9-13)8-6-10(2)14/h13H,4-9H2,1-3H3. The van der Waals surface area contributed by atoms with Crippen LogP contribution < -0.4 is 0 Å². The Morgan fingerprint density at radius 3 is 2.27 bits per heavy atom. The van der Waals surface area contributed by atoms with Gasteiger partial charge in [0.15, 0.2) is 0 Å². The Balaban J connectivity index is 4.39. The number of Topliss-reactive ketones (excluding diaryl/α,β-unsaturated/α-hetero) is 2. The number of hydrogen-bond donors (Lipinski definition) is 1. The second-order valence-electron chi connectivity index (χ2n) is 4.37. The van der Waals surface area contributed by atoms with E-state index in [9.17, 15) is 9.59 Å². The summed E-state index contributed by atoms with van der Waals surface area (Å²) >= 11 is 0. The zero-order chi connectivity index (χ0) is 11.9. The molecule has 0 fully saturated rings. The van der Waals surface area contributed by atoms with Gasteiger partial charge in [-0.3, -0.25) is 4.79 Å². The summed E-state index contributed by atoms with van der Waals surface area (Å²) in [5, 5.41) is 8.78. The van der Waals surface area contributed by atoms with Gasteiger partial charge in [-0.15, -0.1) is 0 Å². The van der Waals surface area contributed by atoms with E-state index in [0.717, 1.165) is 0 Å². The number of rotatable bonds is 8. The number of hydrogen-bond acceptors (Lipinski definition) is 3. The van der Waals surface area contributed by atoms with E-state index in [1.54, 1.807) is 6.92 Å². The first kappa shape index (κ1) is 14.3. The van der Waals surface area contributed by atoms with Crippen LogP contribution in [0.4, 0.5) is 0 Å². The van der Waals surface area contributed by atoms with Crippen LogP contribution in [0.5, 0.6) is 0 Å². The molecule has 0 amide bonds. The summed E-state index contributed by atoms with van der Waals surface area (Å²) in [6.45, 7) is 5.39. The molecular weight excluding hydrogens is 192 g/mol. The van der Waals surface area contributed by atoms with E-state index in [0.29, 0.717) is 32.1 Å². The van der Waals surface area contributed by atoms with Crippen molar-refractivity contribution in [2.75, 3.05) is 6.61 Å². The molecule has 0 aliphatic carbocycles. The van der Waals surface area contributed by atoms with Crippen LogP contribution in [0.2, 0.25) is 0 Å². The topological polar surface area (TPSA) is 54.4 Å². The van der Waals surface area contributed by atoms with Crippen LogP contribution in [0.25, 0.3) is 0 Å². The normalized spacial score (nSPS) is 14.7. The van der Waals surface area contributed by atoms with Crippen molar-refractivity contribution in [3.63, 3.8) is 0 Å². The molecule has 1 unspecified atom stereocenters. The molecule has 0 rings (SSSR count). The lowest BCUT2D eigenvalue weighted by Crippen LogP contribution is -2.28.